The number of fused-ring (bicyclic) bond motifs is 1. The summed E-state index contributed by atoms with van der Waals surface area (Å²) in [7, 11) is 1.83. The Hall–Kier alpha value is -3.33. The van der Waals surface area contributed by atoms with Crippen LogP contribution in [0.15, 0.2) is 24.3 Å². The smallest absolute Gasteiger partial charge is 0.308 e. The van der Waals surface area contributed by atoms with Gasteiger partial charge in [0, 0.05) is 23.7 Å². The van der Waals surface area contributed by atoms with Crippen LogP contribution in [-0.4, -0.2) is 50.9 Å². The minimum Gasteiger partial charge on any atom is -0.481 e. The number of carbonyl (C=O) groups excluding carboxylic acids is 1. The first-order valence-corrected chi connectivity index (χ1v) is 14.8. The monoisotopic (exact) mass is 655 g/mol. The van der Waals surface area contributed by atoms with Gasteiger partial charge >= 0.3 is 11.9 Å². The van der Waals surface area contributed by atoms with Crippen LogP contribution in [0.25, 0.3) is 11.0 Å². The predicted molar refractivity (Wildman–Crippen MR) is 163 cm³/mol. The predicted octanol–water partition coefficient (Wildman–Crippen LogP) is 5.44. The van der Waals surface area contributed by atoms with Gasteiger partial charge in [-0.25, -0.2) is 4.98 Å². The third kappa shape index (κ3) is 5.61. The molecule has 210 valence electrons. The van der Waals surface area contributed by atoms with Crippen molar-refractivity contribution >= 4 is 62.7 Å². The van der Waals surface area contributed by atoms with E-state index in [0.717, 1.165) is 45.5 Å². The molecule has 0 spiro atoms. The van der Waals surface area contributed by atoms with Gasteiger partial charge in [0.15, 0.2) is 5.52 Å². The molecule has 3 aromatic rings. The zero-order valence-electron chi connectivity index (χ0n) is 23.3. The highest BCUT2D eigenvalue weighted by molar-refractivity contribution is 14.1. The molecular weight excluding hydrogens is 621 g/mol. The van der Waals surface area contributed by atoms with Crippen molar-refractivity contribution < 1.29 is 19.4 Å². The summed E-state index contributed by atoms with van der Waals surface area (Å²) in [6.45, 7) is 7.79. The van der Waals surface area contributed by atoms with Crippen molar-refractivity contribution in [1.29, 1.82) is 0 Å². The maximum absolute atomic E-state index is 13.6. The SMILES string of the molecule is CC#CC(=O)N(c1ccc2c(n1)c(OC1CCC(C(=O)O)CC1)nn2C)c1cc(C)c(I)cc1N1CCC(C)C1. The fourth-order valence-corrected chi connectivity index (χ4v) is 6.08. The largest absolute Gasteiger partial charge is 0.481 e. The van der Waals surface area contributed by atoms with Crippen molar-refractivity contribution in [3.05, 3.63) is 33.4 Å². The Kier molecular flexibility index (Phi) is 8.21. The number of hydrogen-bond acceptors (Lipinski definition) is 6. The molecule has 0 bridgehead atoms. The maximum atomic E-state index is 13.6. The number of carboxylic acid groups (broad SMARTS) is 1. The molecule has 2 aromatic heterocycles. The van der Waals surface area contributed by atoms with E-state index in [1.807, 2.05) is 32.2 Å². The van der Waals surface area contributed by atoms with E-state index in [4.69, 9.17) is 9.72 Å². The van der Waals surface area contributed by atoms with Gasteiger partial charge in [-0.05, 0) is 110 Å². The fraction of sp³-hybridized carbons (Fsp3) is 0.467. The van der Waals surface area contributed by atoms with Gasteiger partial charge in [0.2, 0.25) is 0 Å². The first-order valence-electron chi connectivity index (χ1n) is 13.7. The summed E-state index contributed by atoms with van der Waals surface area (Å²) in [6, 6.07) is 7.91. The first kappa shape index (κ1) is 28.2. The van der Waals surface area contributed by atoms with E-state index in [-0.39, 0.29) is 17.9 Å². The number of rotatable bonds is 6. The molecule has 3 heterocycles. The lowest BCUT2D eigenvalue weighted by atomic mass is 9.87. The summed E-state index contributed by atoms with van der Waals surface area (Å²) in [6.07, 6.45) is 3.40. The molecule has 1 aliphatic heterocycles. The Morgan fingerprint density at radius 2 is 1.93 bits per heavy atom. The van der Waals surface area contributed by atoms with E-state index in [1.54, 1.807) is 16.5 Å². The first-order chi connectivity index (χ1) is 19.2. The fourth-order valence-electron chi connectivity index (χ4n) is 5.63. The molecule has 5 rings (SSSR count). The summed E-state index contributed by atoms with van der Waals surface area (Å²) >= 11 is 2.35. The summed E-state index contributed by atoms with van der Waals surface area (Å²) < 4.78 is 9.14. The minimum atomic E-state index is -0.749. The standard InChI is InChI=1S/C30H34IN5O4/c1-5-6-27(37)36(25-15-19(3)22(31)16-24(25)35-14-13-18(2)17-35)26-12-11-23-28(32-26)29(33-34(23)4)40-21-9-7-20(8-10-21)30(38)39/h11-12,15-16,18,20-21H,7-10,13-14,17H2,1-4H3,(H,38,39). The van der Waals surface area contributed by atoms with Gasteiger partial charge < -0.3 is 14.7 Å². The number of halogens is 1. The summed E-state index contributed by atoms with van der Waals surface area (Å²) in [5.41, 5.74) is 4.15. The van der Waals surface area contributed by atoms with Gasteiger partial charge in [0.05, 0.1) is 22.8 Å². The molecule has 1 aliphatic carbocycles. The third-order valence-electron chi connectivity index (χ3n) is 7.88. The second-order valence-corrected chi connectivity index (χ2v) is 12.0. The molecule has 9 nitrogen and oxygen atoms in total. The van der Waals surface area contributed by atoms with Crippen molar-refractivity contribution in [2.45, 2.75) is 59.0 Å². The van der Waals surface area contributed by atoms with Gasteiger partial charge in [-0.15, -0.1) is 5.10 Å². The molecule has 10 heteroatoms. The van der Waals surface area contributed by atoms with Crippen LogP contribution in [-0.2, 0) is 16.6 Å². The average Bonchev–Trinajstić information content (AvgIpc) is 3.49. The van der Waals surface area contributed by atoms with Gasteiger partial charge in [-0.1, -0.05) is 12.8 Å². The molecule has 1 unspecified atom stereocenters. The normalized spacial score (nSPS) is 20.7. The number of nitrogens with zero attached hydrogens (tertiary/aromatic N) is 5. The molecule has 1 atom stereocenters. The number of aromatic nitrogens is 3. The highest BCUT2D eigenvalue weighted by atomic mass is 127. The van der Waals surface area contributed by atoms with E-state index in [1.165, 1.54) is 0 Å². The van der Waals surface area contributed by atoms with Crippen LogP contribution in [0.4, 0.5) is 17.2 Å². The van der Waals surface area contributed by atoms with E-state index in [0.29, 0.717) is 48.8 Å². The molecule has 1 saturated carbocycles. The van der Waals surface area contributed by atoms with Crippen LogP contribution >= 0.6 is 22.6 Å². The molecule has 1 saturated heterocycles. The van der Waals surface area contributed by atoms with Crippen LogP contribution in [0.3, 0.4) is 0 Å². The second-order valence-electron chi connectivity index (χ2n) is 10.8. The van der Waals surface area contributed by atoms with E-state index in [2.05, 4.69) is 57.4 Å². The Labute approximate surface area is 248 Å². The number of hydrogen-bond donors (Lipinski definition) is 1. The van der Waals surface area contributed by atoms with Gasteiger partial charge in [0.1, 0.15) is 11.9 Å². The average molecular weight is 656 g/mol. The van der Waals surface area contributed by atoms with Crippen LogP contribution in [0, 0.1) is 34.2 Å². The van der Waals surface area contributed by atoms with Crippen LogP contribution < -0.4 is 14.5 Å². The summed E-state index contributed by atoms with van der Waals surface area (Å²) in [5.74, 6) is 5.46. The maximum Gasteiger partial charge on any atom is 0.308 e. The van der Waals surface area contributed by atoms with E-state index in [9.17, 15) is 14.7 Å². The highest BCUT2D eigenvalue weighted by Crippen LogP contribution is 2.40. The molecule has 40 heavy (non-hydrogen) atoms. The van der Waals surface area contributed by atoms with Crippen LogP contribution in [0.5, 0.6) is 5.88 Å². The quantitative estimate of drug-likeness (QED) is 0.279. The molecule has 1 N–H and O–H groups in total. The number of ether oxygens (including phenoxy) is 1. The van der Waals surface area contributed by atoms with Crippen LogP contribution in [0.2, 0.25) is 0 Å². The Bertz CT molecular complexity index is 1520. The number of aliphatic carboxylic acids is 1. The second kappa shape index (κ2) is 11.6. The number of anilines is 3. The minimum absolute atomic E-state index is 0.134. The van der Waals surface area contributed by atoms with Crippen molar-refractivity contribution in [3.63, 3.8) is 0 Å². The van der Waals surface area contributed by atoms with Gasteiger partial charge in [-0.2, -0.15) is 0 Å². The van der Waals surface area contributed by atoms with Crippen molar-refractivity contribution in [1.82, 2.24) is 14.8 Å². The molecule has 2 fully saturated rings. The zero-order chi connectivity index (χ0) is 28.6. The lowest BCUT2D eigenvalue weighted by Gasteiger charge is -2.28. The summed E-state index contributed by atoms with van der Waals surface area (Å²) in [5, 5.41) is 13.9. The molecule has 2 aliphatic rings. The lowest BCUT2D eigenvalue weighted by Crippen LogP contribution is -2.29. The number of amides is 1. The van der Waals surface area contributed by atoms with E-state index < -0.39 is 5.97 Å². The van der Waals surface area contributed by atoms with Crippen molar-refractivity contribution in [2.24, 2.45) is 18.9 Å². The Morgan fingerprint density at radius 3 is 2.58 bits per heavy atom. The molecule has 1 aromatic carbocycles. The summed E-state index contributed by atoms with van der Waals surface area (Å²) in [4.78, 5) is 33.8. The third-order valence-corrected chi connectivity index (χ3v) is 9.04. The van der Waals surface area contributed by atoms with Crippen molar-refractivity contribution in [2.75, 3.05) is 22.9 Å². The number of benzene rings is 1. The van der Waals surface area contributed by atoms with Gasteiger partial charge in [0.25, 0.3) is 5.88 Å². The van der Waals surface area contributed by atoms with Crippen LogP contribution in [0.1, 0.15) is 51.5 Å². The van der Waals surface area contributed by atoms with Crippen molar-refractivity contribution in [3.8, 4) is 17.7 Å². The molecule has 0 radical (unpaired) electrons. The van der Waals surface area contributed by atoms with Gasteiger partial charge in [-0.3, -0.25) is 19.2 Å². The molecular formula is C30H34IN5O4. The number of carboxylic acids is 1. The number of carbonyl (C=O) groups is 2. The zero-order valence-corrected chi connectivity index (χ0v) is 25.4. The van der Waals surface area contributed by atoms with E-state index >= 15 is 0 Å². The highest BCUT2D eigenvalue weighted by Gasteiger charge is 2.30. The Balaban J connectivity index is 1.56. The molecule has 1 amide bonds. The number of pyridine rings is 1. The topological polar surface area (TPSA) is 101 Å². The lowest BCUT2D eigenvalue weighted by molar-refractivity contribution is -0.143. The Morgan fingerprint density at radius 1 is 1.18 bits per heavy atom. The number of aryl methyl sites for hydroxylation is 2.